The number of rotatable bonds is 10. The van der Waals surface area contributed by atoms with Crippen LogP contribution in [0.5, 0.6) is 0 Å². The van der Waals surface area contributed by atoms with Crippen molar-refractivity contribution >= 4 is 33.5 Å². The highest BCUT2D eigenvalue weighted by Gasteiger charge is 2.26. The zero-order valence-electron chi connectivity index (χ0n) is 15.2. The predicted molar refractivity (Wildman–Crippen MR) is 102 cm³/mol. The Kier molecular flexibility index (Phi) is 7.97. The number of esters is 1. The number of nitrogens with zero attached hydrogens (tertiary/aromatic N) is 2. The normalized spacial score (nSPS) is 12.4. The van der Waals surface area contributed by atoms with Crippen LogP contribution in [0.4, 0.5) is 0 Å². The van der Waals surface area contributed by atoms with Gasteiger partial charge in [-0.2, -0.15) is 4.72 Å². The van der Waals surface area contributed by atoms with Crippen LogP contribution in [0.15, 0.2) is 47.9 Å². The van der Waals surface area contributed by atoms with Gasteiger partial charge in [-0.25, -0.2) is 13.4 Å². The third kappa shape index (κ3) is 6.63. The topological polar surface area (TPSA) is 119 Å². The first-order valence-corrected chi connectivity index (χ1v) is 10.3. The van der Waals surface area contributed by atoms with Crippen LogP contribution < -0.4 is 10.0 Å². The van der Waals surface area contributed by atoms with E-state index in [0.717, 1.165) is 0 Å². The van der Waals surface area contributed by atoms with E-state index < -0.39 is 22.0 Å². The fourth-order valence-electron chi connectivity index (χ4n) is 2.32. The maximum absolute atomic E-state index is 12.6. The van der Waals surface area contributed by atoms with Crippen molar-refractivity contribution in [1.29, 1.82) is 0 Å². The van der Waals surface area contributed by atoms with Gasteiger partial charge >= 0.3 is 5.97 Å². The van der Waals surface area contributed by atoms with E-state index in [2.05, 4.69) is 19.8 Å². The molecule has 0 aliphatic carbocycles. The lowest BCUT2D eigenvalue weighted by Gasteiger charge is -2.19. The van der Waals surface area contributed by atoms with Gasteiger partial charge in [-0.05, 0) is 30.7 Å². The molecule has 0 radical (unpaired) electrons. The predicted octanol–water partition coefficient (Wildman–Crippen LogP) is 0.953. The molecule has 0 fully saturated rings. The van der Waals surface area contributed by atoms with Gasteiger partial charge in [0.15, 0.2) is 0 Å². The highest BCUT2D eigenvalue weighted by Crippen LogP contribution is 2.14. The summed E-state index contributed by atoms with van der Waals surface area (Å²) in [5.74, 6) is -0.899. The number of hydrogen-bond acceptors (Lipinski definition) is 6. The van der Waals surface area contributed by atoms with E-state index in [1.807, 2.05) is 0 Å². The number of benzene rings is 1. The van der Waals surface area contributed by atoms with Crippen molar-refractivity contribution < 1.29 is 22.7 Å². The SMILES string of the molecule is COC(=O)CCCNC(=O)[C@H](Cn1ccnc1)NS(=O)(=O)c1ccc(Cl)cc1. The maximum atomic E-state index is 12.6. The number of carbonyl (C=O) groups excluding carboxylic acids is 2. The molecule has 0 aliphatic rings. The van der Waals surface area contributed by atoms with Crippen LogP contribution in [0.25, 0.3) is 0 Å². The van der Waals surface area contributed by atoms with Crippen molar-refractivity contribution in [1.82, 2.24) is 19.6 Å². The van der Waals surface area contributed by atoms with Gasteiger partial charge in [0.25, 0.3) is 0 Å². The first-order valence-electron chi connectivity index (χ1n) is 8.40. The molecule has 2 aromatic rings. The molecule has 0 spiro atoms. The molecule has 0 bridgehead atoms. The second kappa shape index (κ2) is 10.2. The van der Waals surface area contributed by atoms with Gasteiger partial charge in [0.2, 0.25) is 15.9 Å². The Morgan fingerprint density at radius 1 is 1.29 bits per heavy atom. The molecule has 1 aromatic carbocycles. The fraction of sp³-hybridized carbons (Fsp3) is 0.353. The molecular formula is C17H21ClN4O5S. The summed E-state index contributed by atoms with van der Waals surface area (Å²) in [7, 11) is -2.66. The van der Waals surface area contributed by atoms with Crippen molar-refractivity contribution in [2.75, 3.05) is 13.7 Å². The van der Waals surface area contributed by atoms with Crippen LogP contribution in [-0.2, 0) is 30.9 Å². The quantitative estimate of drug-likeness (QED) is 0.429. The molecule has 0 unspecified atom stereocenters. The van der Waals surface area contributed by atoms with Gasteiger partial charge in [-0.1, -0.05) is 11.6 Å². The van der Waals surface area contributed by atoms with Gasteiger partial charge in [-0.15, -0.1) is 0 Å². The van der Waals surface area contributed by atoms with Gasteiger partial charge in [-0.3, -0.25) is 9.59 Å². The first-order chi connectivity index (χ1) is 13.3. The summed E-state index contributed by atoms with van der Waals surface area (Å²) in [6.45, 7) is 0.257. The molecule has 2 N–H and O–H groups in total. The number of imidazole rings is 1. The highest BCUT2D eigenvalue weighted by atomic mass is 35.5. The zero-order valence-corrected chi connectivity index (χ0v) is 16.7. The highest BCUT2D eigenvalue weighted by molar-refractivity contribution is 7.89. The van der Waals surface area contributed by atoms with Crippen LogP contribution in [0.3, 0.4) is 0 Å². The number of nitrogens with one attached hydrogen (secondary N) is 2. The van der Waals surface area contributed by atoms with Gasteiger partial charge < -0.3 is 14.6 Å². The Bertz CT molecular complexity index is 885. The molecule has 2 rings (SSSR count). The zero-order chi connectivity index (χ0) is 20.6. The number of sulfonamides is 1. The molecule has 1 amide bonds. The van der Waals surface area contributed by atoms with Gasteiger partial charge in [0.05, 0.1) is 18.3 Å². The molecular weight excluding hydrogens is 408 g/mol. The number of amides is 1. The minimum Gasteiger partial charge on any atom is -0.469 e. The summed E-state index contributed by atoms with van der Waals surface area (Å²) in [5.41, 5.74) is 0. The molecule has 0 saturated heterocycles. The Morgan fingerprint density at radius 3 is 2.61 bits per heavy atom. The lowest BCUT2D eigenvalue weighted by molar-refractivity contribution is -0.140. The van der Waals surface area contributed by atoms with Crippen LogP contribution in [-0.4, -0.2) is 49.5 Å². The Hall–Kier alpha value is -2.43. The number of hydrogen-bond donors (Lipinski definition) is 2. The molecule has 11 heteroatoms. The van der Waals surface area contributed by atoms with Crippen molar-refractivity contribution in [2.45, 2.75) is 30.3 Å². The number of methoxy groups -OCH3 is 1. The van der Waals surface area contributed by atoms with Gasteiger partial charge in [0, 0.05) is 36.9 Å². The fourth-order valence-corrected chi connectivity index (χ4v) is 3.63. The average molecular weight is 429 g/mol. The van der Waals surface area contributed by atoms with Crippen LogP contribution in [0.2, 0.25) is 5.02 Å². The standard InChI is InChI=1S/C17H21ClN4O5S/c1-27-16(23)3-2-8-20-17(24)15(11-22-10-9-19-12-22)21-28(25,26)14-6-4-13(18)5-7-14/h4-7,9-10,12,15,21H,2-3,8,11H2,1H3,(H,20,24)/t15-/m0/s1. The van der Waals surface area contributed by atoms with E-state index in [-0.39, 0.29) is 30.4 Å². The van der Waals surface area contributed by atoms with Crippen molar-refractivity contribution in [3.8, 4) is 0 Å². The van der Waals surface area contributed by atoms with E-state index in [1.54, 1.807) is 10.8 Å². The van der Waals surface area contributed by atoms with Crippen LogP contribution in [0, 0.1) is 0 Å². The summed E-state index contributed by atoms with van der Waals surface area (Å²) in [6.07, 6.45) is 5.15. The molecule has 0 saturated carbocycles. The van der Waals surface area contributed by atoms with Crippen molar-refractivity contribution in [3.63, 3.8) is 0 Å². The summed E-state index contributed by atoms with van der Waals surface area (Å²) >= 11 is 5.79. The lowest BCUT2D eigenvalue weighted by atomic mass is 10.2. The second-order valence-corrected chi connectivity index (χ2v) is 8.01. The van der Waals surface area contributed by atoms with Crippen LogP contribution >= 0.6 is 11.6 Å². The Labute approximate surface area is 168 Å². The second-order valence-electron chi connectivity index (χ2n) is 5.86. The molecule has 28 heavy (non-hydrogen) atoms. The third-order valence-electron chi connectivity index (χ3n) is 3.78. The van der Waals surface area contributed by atoms with E-state index >= 15 is 0 Å². The van der Waals surface area contributed by atoms with E-state index in [4.69, 9.17) is 11.6 Å². The number of carbonyl (C=O) groups is 2. The minimum atomic E-state index is -3.95. The van der Waals surface area contributed by atoms with E-state index in [1.165, 1.54) is 43.9 Å². The molecule has 9 nitrogen and oxygen atoms in total. The maximum Gasteiger partial charge on any atom is 0.305 e. The molecule has 0 aliphatic heterocycles. The monoisotopic (exact) mass is 428 g/mol. The minimum absolute atomic E-state index is 0.00831. The van der Waals surface area contributed by atoms with E-state index in [0.29, 0.717) is 11.4 Å². The summed E-state index contributed by atoms with van der Waals surface area (Å²) in [5, 5.41) is 3.03. The van der Waals surface area contributed by atoms with Crippen molar-refractivity contribution in [2.24, 2.45) is 0 Å². The number of halogens is 1. The summed E-state index contributed by atoms with van der Waals surface area (Å²) in [4.78, 5) is 27.5. The molecule has 1 atom stereocenters. The molecule has 152 valence electrons. The smallest absolute Gasteiger partial charge is 0.305 e. The number of aromatic nitrogens is 2. The summed E-state index contributed by atoms with van der Waals surface area (Å²) in [6, 6.07) is 4.54. The summed E-state index contributed by atoms with van der Waals surface area (Å²) < 4.78 is 33.8. The van der Waals surface area contributed by atoms with Gasteiger partial charge in [0.1, 0.15) is 6.04 Å². The number of ether oxygens (including phenoxy) is 1. The molecule has 1 aromatic heterocycles. The van der Waals surface area contributed by atoms with Crippen LogP contribution in [0.1, 0.15) is 12.8 Å². The largest absolute Gasteiger partial charge is 0.469 e. The molecule has 1 heterocycles. The first kappa shape index (κ1) is 21.9. The van der Waals surface area contributed by atoms with Crippen molar-refractivity contribution in [3.05, 3.63) is 48.0 Å². The third-order valence-corrected chi connectivity index (χ3v) is 5.51. The Balaban J connectivity index is 2.07. The van der Waals surface area contributed by atoms with E-state index in [9.17, 15) is 18.0 Å². The Morgan fingerprint density at radius 2 is 2.00 bits per heavy atom. The average Bonchev–Trinajstić information content (AvgIpc) is 3.17. The lowest BCUT2D eigenvalue weighted by Crippen LogP contribution is -2.49.